The van der Waals surface area contributed by atoms with E-state index in [0.29, 0.717) is 12.3 Å². The van der Waals surface area contributed by atoms with Crippen LogP contribution in [0.2, 0.25) is 0 Å². The van der Waals surface area contributed by atoms with Crippen LogP contribution in [0.1, 0.15) is 64.1 Å². The van der Waals surface area contributed by atoms with Gasteiger partial charge in [-0.25, -0.2) is 0 Å². The first-order valence-corrected chi connectivity index (χ1v) is 8.04. The number of nitrogens with zero attached hydrogens (tertiary/aromatic N) is 2. The first kappa shape index (κ1) is 12.8. The van der Waals surface area contributed by atoms with E-state index in [0.717, 1.165) is 23.6 Å². The zero-order valence-corrected chi connectivity index (χ0v) is 12.6. The molecule has 4 saturated carbocycles. The van der Waals surface area contributed by atoms with Crippen LogP contribution in [0.5, 0.6) is 0 Å². The van der Waals surface area contributed by atoms with Gasteiger partial charge in [-0.1, -0.05) is 5.16 Å². The summed E-state index contributed by atoms with van der Waals surface area (Å²) in [6, 6.07) is 0. The summed E-state index contributed by atoms with van der Waals surface area (Å²) in [4.78, 5) is 4.73. The normalized spacial score (nSPS) is 39.5. The van der Waals surface area contributed by atoms with Gasteiger partial charge in [0.15, 0.2) is 5.82 Å². The number of hydrogen-bond donors (Lipinski definition) is 1. The average molecular weight is 275 g/mol. The fourth-order valence-corrected chi connectivity index (χ4v) is 5.32. The molecule has 4 heteroatoms. The largest absolute Gasteiger partial charge is 0.339 e. The van der Waals surface area contributed by atoms with Crippen LogP contribution in [0.15, 0.2) is 4.52 Å². The minimum Gasteiger partial charge on any atom is -0.339 e. The van der Waals surface area contributed by atoms with Crippen LogP contribution in [-0.2, 0) is 11.8 Å². The van der Waals surface area contributed by atoms with E-state index in [4.69, 9.17) is 15.2 Å². The minimum absolute atomic E-state index is 0.231. The summed E-state index contributed by atoms with van der Waals surface area (Å²) in [5.74, 6) is 4.43. The molecule has 4 nitrogen and oxygen atoms in total. The molecule has 4 fully saturated rings. The molecule has 20 heavy (non-hydrogen) atoms. The predicted octanol–water partition coefficient (Wildman–Crippen LogP) is 2.82. The van der Waals surface area contributed by atoms with E-state index < -0.39 is 0 Å². The van der Waals surface area contributed by atoms with Gasteiger partial charge in [-0.15, -0.1) is 0 Å². The quantitative estimate of drug-likeness (QED) is 0.921. The van der Waals surface area contributed by atoms with Gasteiger partial charge < -0.3 is 10.3 Å². The lowest BCUT2D eigenvalue weighted by molar-refractivity contribution is -0.0103. The maximum Gasteiger partial charge on any atom is 0.228 e. The van der Waals surface area contributed by atoms with Gasteiger partial charge in [0.25, 0.3) is 0 Å². The second-order valence-electron chi connectivity index (χ2n) is 8.37. The molecule has 4 aliphatic carbocycles. The molecule has 0 spiro atoms. The van der Waals surface area contributed by atoms with E-state index in [9.17, 15) is 0 Å². The fraction of sp³-hybridized carbons (Fsp3) is 0.875. The van der Waals surface area contributed by atoms with Gasteiger partial charge in [-0.2, -0.15) is 4.98 Å². The van der Waals surface area contributed by atoms with Crippen LogP contribution >= 0.6 is 0 Å². The molecule has 1 aromatic rings. The van der Waals surface area contributed by atoms with Gasteiger partial charge in [-0.3, -0.25) is 0 Å². The highest BCUT2D eigenvalue weighted by Crippen LogP contribution is 2.60. The third-order valence-corrected chi connectivity index (χ3v) is 5.59. The van der Waals surface area contributed by atoms with Crippen molar-refractivity contribution in [1.82, 2.24) is 10.1 Å². The van der Waals surface area contributed by atoms with Gasteiger partial charge in [0.05, 0.1) is 0 Å². The van der Waals surface area contributed by atoms with Gasteiger partial charge in [0.2, 0.25) is 5.89 Å². The molecule has 4 aliphatic rings. The smallest absolute Gasteiger partial charge is 0.228 e. The maximum atomic E-state index is 6.06. The van der Waals surface area contributed by atoms with Crippen LogP contribution in [0.3, 0.4) is 0 Å². The monoisotopic (exact) mass is 275 g/mol. The number of rotatable bonds is 3. The Kier molecular flexibility index (Phi) is 2.60. The van der Waals surface area contributed by atoms with Crippen molar-refractivity contribution in [3.05, 3.63) is 11.7 Å². The Morgan fingerprint density at radius 1 is 1.15 bits per heavy atom. The van der Waals surface area contributed by atoms with Crippen molar-refractivity contribution in [2.24, 2.45) is 23.5 Å². The van der Waals surface area contributed by atoms with Crippen LogP contribution in [0, 0.1) is 17.8 Å². The fourth-order valence-electron chi connectivity index (χ4n) is 5.32. The van der Waals surface area contributed by atoms with Gasteiger partial charge in [0, 0.05) is 17.4 Å². The number of hydrogen-bond acceptors (Lipinski definition) is 4. The Labute approximate surface area is 120 Å². The van der Waals surface area contributed by atoms with Gasteiger partial charge in [-0.05, 0) is 70.1 Å². The summed E-state index contributed by atoms with van der Waals surface area (Å²) in [5.41, 5.74) is 6.00. The molecule has 1 heterocycles. The molecular weight excluding hydrogens is 250 g/mol. The summed E-state index contributed by atoms with van der Waals surface area (Å²) >= 11 is 0. The number of nitrogens with two attached hydrogens (primary N) is 1. The van der Waals surface area contributed by atoms with E-state index >= 15 is 0 Å². The molecule has 2 N–H and O–H groups in total. The minimum atomic E-state index is -0.286. The first-order chi connectivity index (χ1) is 9.42. The van der Waals surface area contributed by atoms with Crippen molar-refractivity contribution in [3.63, 3.8) is 0 Å². The molecule has 0 amide bonds. The lowest BCUT2D eigenvalue weighted by atomic mass is 9.49. The maximum absolute atomic E-state index is 6.06. The van der Waals surface area contributed by atoms with Crippen LogP contribution in [0.25, 0.3) is 0 Å². The van der Waals surface area contributed by atoms with E-state index in [2.05, 4.69) is 5.16 Å². The second-order valence-corrected chi connectivity index (χ2v) is 8.37. The summed E-state index contributed by atoms with van der Waals surface area (Å²) in [6.45, 7) is 4.00. The third kappa shape index (κ3) is 2.09. The summed E-state index contributed by atoms with van der Waals surface area (Å²) < 4.78 is 5.49. The van der Waals surface area contributed by atoms with E-state index in [-0.39, 0.29) is 11.0 Å². The van der Waals surface area contributed by atoms with Crippen molar-refractivity contribution >= 4 is 0 Å². The zero-order valence-electron chi connectivity index (χ0n) is 12.6. The Bertz CT molecular complexity index is 479. The molecule has 0 radical (unpaired) electrons. The molecule has 110 valence electrons. The Morgan fingerprint density at radius 2 is 1.70 bits per heavy atom. The summed E-state index contributed by atoms with van der Waals surface area (Å²) in [5, 5.41) is 4.35. The van der Waals surface area contributed by atoms with Crippen molar-refractivity contribution in [1.29, 1.82) is 0 Å². The standard InChI is InChI=1S/C16H25N3O/c1-15(2,17)9-13-18-14(19-20-13)16-6-10-3-11(7-16)5-12(4-10)8-16/h10-12H,3-9,17H2,1-2H3. The third-order valence-electron chi connectivity index (χ3n) is 5.59. The molecule has 5 rings (SSSR count). The van der Waals surface area contributed by atoms with Crippen molar-refractivity contribution < 1.29 is 4.52 Å². The number of aromatic nitrogens is 2. The highest BCUT2D eigenvalue weighted by Gasteiger charge is 2.53. The Morgan fingerprint density at radius 3 is 2.20 bits per heavy atom. The van der Waals surface area contributed by atoms with Crippen molar-refractivity contribution in [2.45, 2.75) is 69.7 Å². The Balaban J connectivity index is 1.61. The van der Waals surface area contributed by atoms with E-state index in [1.165, 1.54) is 38.5 Å². The molecule has 0 saturated heterocycles. The van der Waals surface area contributed by atoms with Crippen LogP contribution in [-0.4, -0.2) is 15.7 Å². The predicted molar refractivity (Wildman–Crippen MR) is 76.1 cm³/mol. The molecule has 0 aromatic carbocycles. The summed E-state index contributed by atoms with van der Waals surface area (Å²) in [6.07, 6.45) is 8.84. The lowest BCUT2D eigenvalue weighted by Gasteiger charge is -2.55. The molecule has 0 unspecified atom stereocenters. The zero-order chi connectivity index (χ0) is 14.0. The highest BCUT2D eigenvalue weighted by atomic mass is 16.5. The molecule has 0 aliphatic heterocycles. The summed E-state index contributed by atoms with van der Waals surface area (Å²) in [7, 11) is 0. The average Bonchev–Trinajstić information content (AvgIpc) is 2.73. The first-order valence-electron chi connectivity index (χ1n) is 8.04. The van der Waals surface area contributed by atoms with Crippen molar-refractivity contribution in [3.8, 4) is 0 Å². The van der Waals surface area contributed by atoms with E-state index in [1.54, 1.807) is 0 Å². The SMILES string of the molecule is CC(C)(N)Cc1nc(C23CC4CC(CC(C4)C2)C3)no1. The van der Waals surface area contributed by atoms with Crippen molar-refractivity contribution in [2.75, 3.05) is 0 Å². The molecular formula is C16H25N3O. The molecule has 0 atom stereocenters. The lowest BCUT2D eigenvalue weighted by Crippen LogP contribution is -2.49. The second kappa shape index (κ2) is 4.06. The Hall–Kier alpha value is -0.900. The topological polar surface area (TPSA) is 64.9 Å². The highest BCUT2D eigenvalue weighted by molar-refractivity contribution is 5.16. The molecule has 4 bridgehead atoms. The van der Waals surface area contributed by atoms with E-state index in [1.807, 2.05) is 13.8 Å². The van der Waals surface area contributed by atoms with Gasteiger partial charge in [0.1, 0.15) is 0 Å². The molecule has 1 aromatic heterocycles. The van der Waals surface area contributed by atoms with Gasteiger partial charge >= 0.3 is 0 Å². The van der Waals surface area contributed by atoms with Crippen LogP contribution < -0.4 is 5.73 Å². The van der Waals surface area contributed by atoms with Crippen LogP contribution in [0.4, 0.5) is 0 Å².